The van der Waals surface area contributed by atoms with Gasteiger partial charge in [0.2, 0.25) is 17.7 Å². The molecule has 2 aromatic rings. The molecule has 1 aliphatic rings. The van der Waals surface area contributed by atoms with Crippen LogP contribution in [0.4, 0.5) is 5.95 Å². The zero-order valence-corrected chi connectivity index (χ0v) is 15.2. The highest BCUT2D eigenvalue weighted by atomic mass is 16.5. The van der Waals surface area contributed by atoms with Crippen LogP contribution in [0.15, 0.2) is 30.7 Å². The Hall–Kier alpha value is -2.64. The molecule has 3 rings (SSSR count). The summed E-state index contributed by atoms with van der Waals surface area (Å²) in [6.07, 6.45) is 8.87. The summed E-state index contributed by atoms with van der Waals surface area (Å²) in [5, 5.41) is 7.21. The Morgan fingerprint density at radius 1 is 1.42 bits per heavy atom. The minimum absolute atomic E-state index is 0.104. The van der Waals surface area contributed by atoms with Crippen molar-refractivity contribution < 1.29 is 9.53 Å². The number of hydrogen-bond acceptors (Lipinski definition) is 6. The van der Waals surface area contributed by atoms with Gasteiger partial charge < -0.3 is 15.0 Å². The van der Waals surface area contributed by atoms with E-state index in [0.29, 0.717) is 30.7 Å². The molecule has 2 aromatic heterocycles. The molecule has 0 bridgehead atoms. The predicted molar refractivity (Wildman–Crippen MR) is 98.0 cm³/mol. The number of carbonyl (C=O) groups is 1. The van der Waals surface area contributed by atoms with Crippen molar-refractivity contribution in [1.29, 1.82) is 0 Å². The van der Waals surface area contributed by atoms with Crippen molar-refractivity contribution in [2.24, 2.45) is 5.92 Å². The number of ether oxygens (including phenoxy) is 1. The fourth-order valence-corrected chi connectivity index (χ4v) is 3.19. The SMILES string of the molecule is COc1ccnc(N2CCCC(CNC(=O)CCCn3cccn3)C2)n1. The first-order valence-corrected chi connectivity index (χ1v) is 9.10. The van der Waals surface area contributed by atoms with Crippen molar-refractivity contribution in [3.05, 3.63) is 30.7 Å². The number of hydrogen-bond donors (Lipinski definition) is 1. The number of aryl methyl sites for hydroxylation is 1. The topological polar surface area (TPSA) is 85.2 Å². The average Bonchev–Trinajstić information content (AvgIpc) is 3.20. The summed E-state index contributed by atoms with van der Waals surface area (Å²) in [5.74, 6) is 1.78. The number of anilines is 1. The second-order valence-corrected chi connectivity index (χ2v) is 6.53. The lowest BCUT2D eigenvalue weighted by atomic mass is 9.98. The van der Waals surface area contributed by atoms with Crippen LogP contribution >= 0.6 is 0 Å². The van der Waals surface area contributed by atoms with E-state index in [2.05, 4.69) is 25.3 Å². The molecule has 8 nitrogen and oxygen atoms in total. The van der Waals surface area contributed by atoms with Crippen molar-refractivity contribution in [1.82, 2.24) is 25.1 Å². The lowest BCUT2D eigenvalue weighted by Gasteiger charge is -2.32. The fourth-order valence-electron chi connectivity index (χ4n) is 3.19. The first kappa shape index (κ1) is 18.2. The lowest BCUT2D eigenvalue weighted by molar-refractivity contribution is -0.121. The van der Waals surface area contributed by atoms with Crippen LogP contribution in [0.2, 0.25) is 0 Å². The van der Waals surface area contributed by atoms with Gasteiger partial charge in [-0.15, -0.1) is 0 Å². The third-order valence-electron chi connectivity index (χ3n) is 4.57. The Morgan fingerprint density at radius 2 is 2.35 bits per heavy atom. The summed E-state index contributed by atoms with van der Waals surface area (Å²) < 4.78 is 7.02. The molecule has 1 fully saturated rings. The van der Waals surface area contributed by atoms with Crippen molar-refractivity contribution >= 4 is 11.9 Å². The second kappa shape index (κ2) is 9.17. The van der Waals surface area contributed by atoms with Gasteiger partial charge in [0.05, 0.1) is 7.11 Å². The molecule has 1 aliphatic heterocycles. The zero-order chi connectivity index (χ0) is 18.2. The van der Waals surface area contributed by atoms with Crippen LogP contribution in [-0.4, -0.2) is 52.4 Å². The number of aromatic nitrogens is 4. The monoisotopic (exact) mass is 358 g/mol. The lowest BCUT2D eigenvalue weighted by Crippen LogP contribution is -2.41. The maximum atomic E-state index is 12.1. The highest BCUT2D eigenvalue weighted by molar-refractivity contribution is 5.75. The van der Waals surface area contributed by atoms with Crippen LogP contribution in [0, 0.1) is 5.92 Å². The molecule has 0 spiro atoms. The molecule has 0 aliphatic carbocycles. The Bertz CT molecular complexity index is 691. The van der Waals surface area contributed by atoms with Gasteiger partial charge in [0.25, 0.3) is 0 Å². The molecule has 140 valence electrons. The Labute approximate surface area is 153 Å². The van der Waals surface area contributed by atoms with Gasteiger partial charge in [-0.25, -0.2) is 4.98 Å². The molecular weight excluding hydrogens is 332 g/mol. The minimum Gasteiger partial charge on any atom is -0.481 e. The van der Waals surface area contributed by atoms with Gasteiger partial charge in [-0.2, -0.15) is 10.1 Å². The van der Waals surface area contributed by atoms with E-state index in [-0.39, 0.29) is 5.91 Å². The van der Waals surface area contributed by atoms with E-state index in [0.717, 1.165) is 38.9 Å². The van der Waals surface area contributed by atoms with Crippen molar-refractivity contribution in [3.63, 3.8) is 0 Å². The molecule has 0 saturated carbocycles. The Morgan fingerprint density at radius 3 is 3.15 bits per heavy atom. The van der Waals surface area contributed by atoms with Crippen LogP contribution in [-0.2, 0) is 11.3 Å². The first-order chi connectivity index (χ1) is 12.7. The minimum atomic E-state index is 0.104. The average molecular weight is 358 g/mol. The summed E-state index contributed by atoms with van der Waals surface area (Å²) in [6.45, 7) is 3.24. The van der Waals surface area contributed by atoms with Gasteiger partial charge in [0, 0.05) is 57.3 Å². The van der Waals surface area contributed by atoms with Crippen LogP contribution < -0.4 is 15.0 Å². The molecule has 8 heteroatoms. The molecule has 1 amide bonds. The normalized spacial score (nSPS) is 17.1. The van der Waals surface area contributed by atoms with E-state index in [9.17, 15) is 4.79 Å². The zero-order valence-electron chi connectivity index (χ0n) is 15.2. The number of methoxy groups -OCH3 is 1. The molecule has 1 N–H and O–H groups in total. The molecule has 1 atom stereocenters. The molecule has 0 radical (unpaired) electrons. The van der Waals surface area contributed by atoms with Crippen LogP contribution in [0.5, 0.6) is 5.88 Å². The number of nitrogens with one attached hydrogen (secondary N) is 1. The second-order valence-electron chi connectivity index (χ2n) is 6.53. The number of nitrogens with zero attached hydrogens (tertiary/aromatic N) is 5. The molecule has 1 saturated heterocycles. The Kier molecular flexibility index (Phi) is 6.40. The largest absolute Gasteiger partial charge is 0.481 e. The standard InChI is InChI=1S/C18H26N6O2/c1-26-17-7-9-19-18(22-17)23-10-2-5-15(14-23)13-20-16(25)6-3-11-24-12-4-8-21-24/h4,7-9,12,15H,2-3,5-6,10-11,13-14H2,1H3,(H,20,25). The van der Waals surface area contributed by atoms with E-state index < -0.39 is 0 Å². The highest BCUT2D eigenvalue weighted by Crippen LogP contribution is 2.21. The summed E-state index contributed by atoms with van der Waals surface area (Å²) in [4.78, 5) is 23.0. The molecule has 3 heterocycles. The van der Waals surface area contributed by atoms with Crippen molar-refractivity contribution in [2.45, 2.75) is 32.2 Å². The van der Waals surface area contributed by atoms with Crippen LogP contribution in [0.3, 0.4) is 0 Å². The molecule has 26 heavy (non-hydrogen) atoms. The molecule has 1 unspecified atom stereocenters. The van der Waals surface area contributed by atoms with Crippen molar-refractivity contribution in [2.75, 3.05) is 31.6 Å². The van der Waals surface area contributed by atoms with Crippen molar-refractivity contribution in [3.8, 4) is 5.88 Å². The maximum Gasteiger partial charge on any atom is 0.228 e. The van der Waals surface area contributed by atoms with E-state index in [1.807, 2.05) is 16.9 Å². The van der Waals surface area contributed by atoms with E-state index in [4.69, 9.17) is 4.74 Å². The summed E-state index contributed by atoms with van der Waals surface area (Å²) in [6, 6.07) is 3.63. The highest BCUT2D eigenvalue weighted by Gasteiger charge is 2.22. The fraction of sp³-hybridized carbons (Fsp3) is 0.556. The summed E-state index contributed by atoms with van der Waals surface area (Å²) in [7, 11) is 1.60. The summed E-state index contributed by atoms with van der Waals surface area (Å²) in [5.41, 5.74) is 0. The van der Waals surface area contributed by atoms with E-state index in [1.165, 1.54) is 0 Å². The van der Waals surface area contributed by atoms with Crippen LogP contribution in [0.25, 0.3) is 0 Å². The quantitative estimate of drug-likeness (QED) is 0.770. The maximum absolute atomic E-state index is 12.1. The van der Waals surface area contributed by atoms with E-state index >= 15 is 0 Å². The number of amides is 1. The third kappa shape index (κ3) is 5.18. The number of rotatable bonds is 8. The van der Waals surface area contributed by atoms with Gasteiger partial charge in [0.1, 0.15) is 0 Å². The molecule has 0 aromatic carbocycles. The predicted octanol–water partition coefficient (Wildman–Crippen LogP) is 1.49. The first-order valence-electron chi connectivity index (χ1n) is 9.10. The smallest absolute Gasteiger partial charge is 0.228 e. The number of carbonyl (C=O) groups excluding carboxylic acids is 1. The Balaban J connectivity index is 1.41. The van der Waals surface area contributed by atoms with E-state index in [1.54, 1.807) is 25.6 Å². The van der Waals surface area contributed by atoms with Crippen LogP contribution in [0.1, 0.15) is 25.7 Å². The third-order valence-corrected chi connectivity index (χ3v) is 4.57. The van der Waals surface area contributed by atoms with Gasteiger partial charge in [0.15, 0.2) is 0 Å². The van der Waals surface area contributed by atoms with Gasteiger partial charge >= 0.3 is 0 Å². The summed E-state index contributed by atoms with van der Waals surface area (Å²) >= 11 is 0. The van der Waals surface area contributed by atoms with Gasteiger partial charge in [-0.1, -0.05) is 0 Å². The van der Waals surface area contributed by atoms with Gasteiger partial charge in [-0.05, 0) is 31.2 Å². The molecular formula is C18H26N6O2. The van der Waals surface area contributed by atoms with Gasteiger partial charge in [-0.3, -0.25) is 9.48 Å². The number of piperidine rings is 1.